The van der Waals surface area contributed by atoms with E-state index in [-0.39, 0.29) is 12.4 Å². The summed E-state index contributed by atoms with van der Waals surface area (Å²) in [6.45, 7) is 6.15. The van der Waals surface area contributed by atoms with Crippen LogP contribution >= 0.6 is 24.0 Å². The molecule has 1 aliphatic rings. The Labute approximate surface area is 124 Å². The molecule has 0 radical (unpaired) electrons. The third-order valence-corrected chi connectivity index (χ3v) is 3.79. The van der Waals surface area contributed by atoms with E-state index in [0.717, 1.165) is 42.1 Å². The molecule has 19 heavy (non-hydrogen) atoms. The number of anilines is 1. The summed E-state index contributed by atoms with van der Waals surface area (Å²) in [7, 11) is 0. The van der Waals surface area contributed by atoms with Crippen LogP contribution in [0.15, 0.2) is 24.4 Å². The van der Waals surface area contributed by atoms with E-state index >= 15 is 0 Å². The zero-order valence-corrected chi connectivity index (χ0v) is 12.4. The van der Waals surface area contributed by atoms with Crippen molar-refractivity contribution in [2.45, 2.75) is 6.92 Å². The molecule has 0 saturated carbocycles. The Hall–Kier alpha value is -1.03. The van der Waals surface area contributed by atoms with Gasteiger partial charge in [0.25, 0.3) is 0 Å². The number of piperazine rings is 1. The van der Waals surface area contributed by atoms with Crippen molar-refractivity contribution in [1.82, 2.24) is 10.3 Å². The number of hydrogen-bond donors (Lipinski definition) is 1. The molecule has 3 nitrogen and oxygen atoms in total. The second-order valence-electron chi connectivity index (χ2n) is 4.66. The standard InChI is InChI=1S/C14H16ClN3.ClH/c1-10-2-3-11(15)13-12(4-5-17-14(10)13)18-8-6-16-7-9-18;/h2-5,16H,6-9H2,1H3;1H. The fraction of sp³-hybridized carbons (Fsp3) is 0.357. The molecule has 1 aromatic heterocycles. The molecule has 1 fully saturated rings. The zero-order chi connectivity index (χ0) is 12.5. The number of pyridine rings is 1. The molecular weight excluding hydrogens is 281 g/mol. The first-order chi connectivity index (χ1) is 8.77. The molecule has 0 spiro atoms. The van der Waals surface area contributed by atoms with Gasteiger partial charge in [-0.3, -0.25) is 4.98 Å². The predicted molar refractivity (Wildman–Crippen MR) is 83.8 cm³/mol. The van der Waals surface area contributed by atoms with Crippen molar-refractivity contribution in [2.24, 2.45) is 0 Å². The molecule has 0 unspecified atom stereocenters. The maximum atomic E-state index is 6.37. The van der Waals surface area contributed by atoms with Crippen LogP contribution in [-0.2, 0) is 0 Å². The van der Waals surface area contributed by atoms with E-state index in [1.807, 2.05) is 18.3 Å². The van der Waals surface area contributed by atoms with Crippen LogP contribution in [0.3, 0.4) is 0 Å². The maximum absolute atomic E-state index is 6.37. The van der Waals surface area contributed by atoms with Crippen LogP contribution in [0, 0.1) is 6.92 Å². The topological polar surface area (TPSA) is 28.2 Å². The van der Waals surface area contributed by atoms with Gasteiger partial charge in [-0.05, 0) is 24.6 Å². The van der Waals surface area contributed by atoms with Crippen LogP contribution in [-0.4, -0.2) is 31.2 Å². The van der Waals surface area contributed by atoms with Gasteiger partial charge < -0.3 is 10.2 Å². The summed E-state index contributed by atoms with van der Waals surface area (Å²) in [5.41, 5.74) is 3.39. The van der Waals surface area contributed by atoms with Gasteiger partial charge in [0.2, 0.25) is 0 Å². The number of fused-ring (bicyclic) bond motifs is 1. The Balaban J connectivity index is 0.00000133. The molecule has 2 heterocycles. The van der Waals surface area contributed by atoms with Gasteiger partial charge in [-0.2, -0.15) is 0 Å². The lowest BCUT2D eigenvalue weighted by atomic mass is 10.1. The molecule has 0 aliphatic carbocycles. The monoisotopic (exact) mass is 297 g/mol. The average Bonchev–Trinajstić information content (AvgIpc) is 2.43. The SMILES string of the molecule is Cc1ccc(Cl)c2c(N3CCNCC3)ccnc12.Cl. The Bertz CT molecular complexity index is 580. The van der Waals surface area contributed by atoms with Crippen LogP contribution in [0.5, 0.6) is 0 Å². The van der Waals surface area contributed by atoms with E-state index in [1.54, 1.807) is 0 Å². The predicted octanol–water partition coefficient (Wildman–Crippen LogP) is 3.03. The molecule has 0 amide bonds. The third kappa shape index (κ3) is 2.64. The number of aryl methyl sites for hydroxylation is 1. The van der Waals surface area contributed by atoms with E-state index in [1.165, 1.54) is 11.3 Å². The second-order valence-corrected chi connectivity index (χ2v) is 5.06. The molecule has 5 heteroatoms. The lowest BCUT2D eigenvalue weighted by molar-refractivity contribution is 0.590. The van der Waals surface area contributed by atoms with Crippen LogP contribution in [0.2, 0.25) is 5.02 Å². The molecule has 1 saturated heterocycles. The summed E-state index contributed by atoms with van der Waals surface area (Å²) < 4.78 is 0. The lowest BCUT2D eigenvalue weighted by Gasteiger charge is -2.30. The van der Waals surface area contributed by atoms with Gasteiger partial charge in [0, 0.05) is 43.4 Å². The smallest absolute Gasteiger partial charge is 0.0766 e. The highest BCUT2D eigenvalue weighted by molar-refractivity contribution is 6.36. The van der Waals surface area contributed by atoms with E-state index < -0.39 is 0 Å². The first kappa shape index (κ1) is 14.4. The molecule has 1 aromatic carbocycles. The van der Waals surface area contributed by atoms with E-state index in [2.05, 4.69) is 28.2 Å². The molecule has 1 N–H and O–H groups in total. The molecule has 0 bridgehead atoms. The normalized spacial score (nSPS) is 15.4. The summed E-state index contributed by atoms with van der Waals surface area (Å²) in [6, 6.07) is 6.06. The summed E-state index contributed by atoms with van der Waals surface area (Å²) in [5, 5.41) is 5.24. The summed E-state index contributed by atoms with van der Waals surface area (Å²) in [6.07, 6.45) is 1.88. The van der Waals surface area contributed by atoms with Crippen molar-refractivity contribution in [3.8, 4) is 0 Å². The largest absolute Gasteiger partial charge is 0.368 e. The second kappa shape index (κ2) is 5.95. The molecule has 102 valence electrons. The van der Waals surface area contributed by atoms with Crippen molar-refractivity contribution < 1.29 is 0 Å². The van der Waals surface area contributed by atoms with E-state index in [9.17, 15) is 0 Å². The third-order valence-electron chi connectivity index (χ3n) is 3.48. The Morgan fingerprint density at radius 1 is 1.21 bits per heavy atom. The number of nitrogens with one attached hydrogen (secondary N) is 1. The fourth-order valence-corrected chi connectivity index (χ4v) is 2.77. The van der Waals surface area contributed by atoms with Crippen LogP contribution in [0.1, 0.15) is 5.56 Å². The van der Waals surface area contributed by atoms with Gasteiger partial charge in [0.15, 0.2) is 0 Å². The molecular formula is C14H17Cl2N3. The molecule has 1 aliphatic heterocycles. The lowest BCUT2D eigenvalue weighted by Crippen LogP contribution is -2.43. The molecule has 0 atom stereocenters. The highest BCUT2D eigenvalue weighted by atomic mass is 35.5. The van der Waals surface area contributed by atoms with Crippen molar-refractivity contribution >= 4 is 40.6 Å². The fourth-order valence-electron chi connectivity index (χ4n) is 2.52. The number of nitrogens with zero attached hydrogens (tertiary/aromatic N) is 2. The maximum Gasteiger partial charge on any atom is 0.0766 e. The number of rotatable bonds is 1. The Morgan fingerprint density at radius 3 is 2.68 bits per heavy atom. The van der Waals surface area contributed by atoms with E-state index in [0.29, 0.717) is 0 Å². The first-order valence-corrected chi connectivity index (χ1v) is 6.64. The van der Waals surface area contributed by atoms with Gasteiger partial charge >= 0.3 is 0 Å². The number of aromatic nitrogens is 1. The van der Waals surface area contributed by atoms with Gasteiger partial charge in [-0.1, -0.05) is 17.7 Å². The average molecular weight is 298 g/mol. The van der Waals surface area contributed by atoms with Crippen LogP contribution in [0.25, 0.3) is 10.9 Å². The Morgan fingerprint density at radius 2 is 1.95 bits per heavy atom. The summed E-state index contributed by atoms with van der Waals surface area (Å²) in [5.74, 6) is 0. The zero-order valence-electron chi connectivity index (χ0n) is 10.8. The van der Waals surface area contributed by atoms with Crippen LogP contribution in [0.4, 0.5) is 5.69 Å². The quantitative estimate of drug-likeness (QED) is 0.877. The molecule has 2 aromatic rings. The minimum absolute atomic E-state index is 0. The van der Waals surface area contributed by atoms with Gasteiger partial charge in [0.1, 0.15) is 0 Å². The Kier molecular flexibility index (Phi) is 4.50. The van der Waals surface area contributed by atoms with Gasteiger partial charge in [-0.15, -0.1) is 12.4 Å². The van der Waals surface area contributed by atoms with Crippen molar-refractivity contribution in [3.63, 3.8) is 0 Å². The number of halogens is 2. The first-order valence-electron chi connectivity index (χ1n) is 6.27. The number of benzene rings is 1. The number of hydrogen-bond acceptors (Lipinski definition) is 3. The van der Waals surface area contributed by atoms with Crippen molar-refractivity contribution in [2.75, 3.05) is 31.1 Å². The highest BCUT2D eigenvalue weighted by Crippen LogP contribution is 2.33. The van der Waals surface area contributed by atoms with Crippen molar-refractivity contribution in [1.29, 1.82) is 0 Å². The highest BCUT2D eigenvalue weighted by Gasteiger charge is 2.15. The minimum Gasteiger partial charge on any atom is -0.368 e. The minimum atomic E-state index is 0. The van der Waals surface area contributed by atoms with Crippen LogP contribution < -0.4 is 10.2 Å². The summed E-state index contributed by atoms with van der Waals surface area (Å²) in [4.78, 5) is 6.85. The van der Waals surface area contributed by atoms with Gasteiger partial charge in [0.05, 0.1) is 10.5 Å². The summed E-state index contributed by atoms with van der Waals surface area (Å²) >= 11 is 6.37. The van der Waals surface area contributed by atoms with Crippen molar-refractivity contribution in [3.05, 3.63) is 35.0 Å². The molecule has 3 rings (SSSR count). The van der Waals surface area contributed by atoms with E-state index in [4.69, 9.17) is 11.6 Å². The van der Waals surface area contributed by atoms with Gasteiger partial charge in [-0.25, -0.2) is 0 Å².